The van der Waals surface area contributed by atoms with Crippen LogP contribution in [0.15, 0.2) is 120 Å². The molecular weight excluding hydrogens is 934 g/mol. The zero-order valence-electron chi connectivity index (χ0n) is 32.6. The normalized spacial score (nSPS) is 11.0. The van der Waals surface area contributed by atoms with Crippen molar-refractivity contribution < 1.29 is 157 Å². The van der Waals surface area contributed by atoms with E-state index in [1.165, 1.54) is 18.5 Å². The molecule has 0 atom stereocenters. The summed E-state index contributed by atoms with van der Waals surface area (Å²) in [6.45, 7) is 2.97. The predicted octanol–water partition coefficient (Wildman–Crippen LogP) is -5.32. The number of aryl methyl sites for hydroxylation is 2. The number of H-pyrrole nitrogens is 1. The quantitative estimate of drug-likeness (QED) is 0.0426. The topological polar surface area (TPSA) is 372 Å². The second-order valence-electron chi connectivity index (χ2n) is 11.5. The van der Waals surface area contributed by atoms with E-state index in [1.807, 2.05) is 0 Å². The molecule has 2 N–H and O–H groups in total. The summed E-state index contributed by atoms with van der Waals surface area (Å²) in [4.78, 5) is 30.3. The molecule has 6 rings (SSSR count). The Morgan fingerprint density at radius 1 is 0.694 bits per heavy atom. The van der Waals surface area contributed by atoms with Crippen LogP contribution >= 0.6 is 0 Å². The van der Waals surface area contributed by atoms with Gasteiger partial charge >= 0.3 is 106 Å². The Bertz CT molecular complexity index is 2950. The Morgan fingerprint density at radius 3 is 1.58 bits per heavy atom. The van der Waals surface area contributed by atoms with Crippen LogP contribution in [0.25, 0.3) is 11.4 Å². The Labute approximate surface area is 426 Å². The summed E-state index contributed by atoms with van der Waals surface area (Å²) >= 11 is 0. The van der Waals surface area contributed by atoms with Gasteiger partial charge in [-0.1, -0.05) is 36.4 Å². The average molecular weight is 956 g/mol. The van der Waals surface area contributed by atoms with Crippen LogP contribution in [0.2, 0.25) is 0 Å². The van der Waals surface area contributed by atoms with Crippen molar-refractivity contribution in [2.24, 2.45) is 20.5 Å². The fourth-order valence-corrected chi connectivity index (χ4v) is 5.87. The smallest absolute Gasteiger partial charge is 0.866 e. The molecule has 2 aromatic heterocycles. The van der Waals surface area contributed by atoms with E-state index in [4.69, 9.17) is 4.55 Å². The predicted molar refractivity (Wildman–Crippen MR) is 190 cm³/mol. The molecular formula is C32H22CrN10Na3O14S2+2. The zero-order chi connectivity index (χ0) is 42.7. The minimum atomic E-state index is -5.10. The molecule has 62 heavy (non-hydrogen) atoms. The molecule has 30 heteroatoms. The fourth-order valence-electron chi connectivity index (χ4n) is 4.84. The van der Waals surface area contributed by atoms with Gasteiger partial charge in [-0.3, -0.25) is 34.7 Å². The fraction of sp³-hybridized carbons (Fsp3) is 0.0625. The minimum Gasteiger partial charge on any atom is -0.866 e. The van der Waals surface area contributed by atoms with Gasteiger partial charge in [-0.15, -0.1) is 10.2 Å². The SMILES string of the molecule is Cc1[nH]n(-c2ccccc2)c(=O)c1N=Nc1cc(S(=O)(=O)O)cc([N+](=O)[O-])c1[O-].Cc1nn(-c2ccccc2)c([O-])c1N=Nc1cc(S(=O)(=O)[O-])cc([N+](=O)[O-])c1[O-].[Cr+3].[Na+].[Na+].[Na+]. The Morgan fingerprint density at radius 2 is 1.13 bits per heavy atom. The van der Waals surface area contributed by atoms with Gasteiger partial charge in [0.25, 0.3) is 27.1 Å². The van der Waals surface area contributed by atoms with E-state index in [1.54, 1.807) is 60.7 Å². The third kappa shape index (κ3) is 13.0. The van der Waals surface area contributed by atoms with Gasteiger partial charge in [-0.2, -0.15) is 23.7 Å². The zero-order valence-corrected chi connectivity index (χ0v) is 41.5. The maximum Gasteiger partial charge on any atom is 3.00 e. The third-order valence-electron chi connectivity index (χ3n) is 7.59. The molecule has 0 aliphatic carbocycles. The van der Waals surface area contributed by atoms with Crippen molar-refractivity contribution in [1.82, 2.24) is 19.6 Å². The number of aromatic amines is 1. The Kier molecular flexibility index (Phi) is 20.7. The number of para-hydroxylation sites is 2. The van der Waals surface area contributed by atoms with E-state index >= 15 is 0 Å². The molecule has 0 unspecified atom stereocenters. The monoisotopic (exact) mass is 955 g/mol. The van der Waals surface area contributed by atoms with Crippen molar-refractivity contribution in [2.75, 3.05) is 0 Å². The minimum absolute atomic E-state index is 0. The molecule has 0 aliphatic heterocycles. The number of nitrogens with zero attached hydrogens (tertiary/aromatic N) is 9. The summed E-state index contributed by atoms with van der Waals surface area (Å²) in [5.41, 5.74) is -3.43. The summed E-state index contributed by atoms with van der Waals surface area (Å²) in [6, 6.07) is 18.8. The number of hydrogen-bond donors (Lipinski definition) is 2. The molecule has 24 nitrogen and oxygen atoms in total. The number of rotatable bonds is 10. The van der Waals surface area contributed by atoms with Crippen LogP contribution in [-0.2, 0) is 37.6 Å². The summed E-state index contributed by atoms with van der Waals surface area (Å²) in [7, 11) is -9.95. The summed E-state index contributed by atoms with van der Waals surface area (Å²) in [5.74, 6) is -3.15. The van der Waals surface area contributed by atoms with E-state index in [0.717, 1.165) is 4.68 Å². The van der Waals surface area contributed by atoms with Crippen molar-refractivity contribution in [3.8, 4) is 28.8 Å². The van der Waals surface area contributed by atoms with Gasteiger partial charge in [0.15, 0.2) is 5.69 Å². The van der Waals surface area contributed by atoms with Crippen molar-refractivity contribution in [1.29, 1.82) is 0 Å². The van der Waals surface area contributed by atoms with Gasteiger partial charge < -0.3 is 19.9 Å². The van der Waals surface area contributed by atoms with E-state index < -0.39 is 85.6 Å². The van der Waals surface area contributed by atoms with Crippen LogP contribution < -0.4 is 110 Å². The third-order valence-corrected chi connectivity index (χ3v) is 9.23. The number of nitro groups is 2. The molecule has 0 spiro atoms. The van der Waals surface area contributed by atoms with E-state index in [9.17, 15) is 61.7 Å². The molecule has 0 saturated heterocycles. The van der Waals surface area contributed by atoms with E-state index in [0.29, 0.717) is 35.6 Å². The van der Waals surface area contributed by atoms with Gasteiger partial charge in [0, 0.05) is 29.5 Å². The first-order valence-electron chi connectivity index (χ1n) is 15.6. The van der Waals surface area contributed by atoms with Crippen LogP contribution in [0.4, 0.5) is 34.1 Å². The van der Waals surface area contributed by atoms with Crippen molar-refractivity contribution in [3.63, 3.8) is 0 Å². The van der Waals surface area contributed by atoms with Crippen molar-refractivity contribution in [2.45, 2.75) is 23.6 Å². The first-order valence-corrected chi connectivity index (χ1v) is 18.5. The summed E-state index contributed by atoms with van der Waals surface area (Å²) in [5, 5.41) is 79.8. The number of benzene rings is 4. The first kappa shape index (κ1) is 55.9. The Hall–Kier alpha value is -4.15. The maximum absolute atomic E-state index is 12.6. The molecule has 0 saturated carbocycles. The van der Waals surface area contributed by atoms with Crippen LogP contribution in [0.5, 0.6) is 17.4 Å². The number of hydrogen-bond acceptors (Lipinski definition) is 18. The molecule has 4 aromatic carbocycles. The molecule has 6 aromatic rings. The van der Waals surface area contributed by atoms with Crippen LogP contribution in [-0.4, -0.2) is 55.3 Å². The van der Waals surface area contributed by atoms with E-state index in [2.05, 4.69) is 30.7 Å². The van der Waals surface area contributed by atoms with Gasteiger partial charge in [-0.25, -0.2) is 17.8 Å². The summed E-state index contributed by atoms with van der Waals surface area (Å²) in [6.07, 6.45) is 0. The molecule has 2 heterocycles. The molecule has 303 valence electrons. The van der Waals surface area contributed by atoms with Crippen LogP contribution in [0, 0.1) is 34.1 Å². The molecule has 0 bridgehead atoms. The van der Waals surface area contributed by atoms with Crippen LogP contribution in [0.3, 0.4) is 0 Å². The largest absolute Gasteiger partial charge is 3.00 e. The van der Waals surface area contributed by atoms with Crippen molar-refractivity contribution in [3.05, 3.63) is 127 Å². The van der Waals surface area contributed by atoms with Crippen molar-refractivity contribution >= 4 is 54.4 Å². The second kappa shape index (κ2) is 23.0. The molecule has 0 aliphatic rings. The standard InChI is InChI=1S/2C16H13N5O7S.Cr.3Na/c2*1-9-14(16(23)20(19-9)10-5-3-2-4-6-10)18-17-12-7-11(29(26,27)28)8-13(15(12)22)21(24)25;;;;/h2-8,22-23H,1H3,(H,26,27,28);2-8,19,22H,1H3,(H,26,27,28);;;;/q;;+3;3*+1/p-4. The second-order valence-corrected chi connectivity index (χ2v) is 14.3. The molecule has 0 amide bonds. The Balaban J connectivity index is 0.000000582. The average Bonchev–Trinajstić information content (AvgIpc) is 3.61. The van der Waals surface area contributed by atoms with Gasteiger partial charge in [0.05, 0.1) is 48.9 Å². The first-order chi connectivity index (χ1) is 27.2. The summed E-state index contributed by atoms with van der Waals surface area (Å²) < 4.78 is 67.6. The van der Waals surface area contributed by atoms with Gasteiger partial charge in [-0.05, 0) is 50.2 Å². The molecule has 1 radical (unpaired) electrons. The number of nitro benzene ring substituents is 2. The molecule has 0 fully saturated rings. The van der Waals surface area contributed by atoms with E-state index in [-0.39, 0.29) is 129 Å². The van der Waals surface area contributed by atoms with Gasteiger partial charge in [0.1, 0.15) is 20.7 Å². The maximum atomic E-state index is 12.6. The number of nitrogens with one attached hydrogen (secondary N) is 1. The van der Waals surface area contributed by atoms with Gasteiger partial charge in [0.2, 0.25) is 0 Å². The number of azo groups is 2. The number of aromatic nitrogens is 4. The van der Waals surface area contributed by atoms with Crippen LogP contribution in [0.1, 0.15) is 11.4 Å².